The minimum absolute atomic E-state index is 0. The van der Waals surface area contributed by atoms with Crippen molar-refractivity contribution in [3.05, 3.63) is 0 Å². The summed E-state index contributed by atoms with van der Waals surface area (Å²) in [5.41, 5.74) is 0.352. The molecule has 0 unspecified atom stereocenters. The number of quaternary nitrogens is 2. The summed E-state index contributed by atoms with van der Waals surface area (Å²) < 4.78 is 8.30. The molecule has 2 heterocycles. The van der Waals surface area contributed by atoms with Gasteiger partial charge in [0.15, 0.2) is 0 Å². The summed E-state index contributed by atoms with van der Waals surface area (Å²) in [6, 6.07) is 0.677. The third-order valence-electron chi connectivity index (χ3n) is 13.9. The van der Waals surface area contributed by atoms with E-state index < -0.39 is 0 Å². The number of rotatable bonds is 3. The van der Waals surface area contributed by atoms with E-state index in [1.165, 1.54) is 64.7 Å². The Morgan fingerprint density at radius 2 is 1.33 bits per heavy atom. The molecule has 6 fully saturated rings. The maximum atomic E-state index is 12.2. The summed E-state index contributed by atoms with van der Waals surface area (Å²) in [4.78, 5) is 17.6. The van der Waals surface area contributed by atoms with Gasteiger partial charge >= 0.3 is 5.97 Å². The van der Waals surface area contributed by atoms with Gasteiger partial charge in [-0.1, -0.05) is 13.8 Å². The zero-order valence-electron chi connectivity index (χ0n) is 27.5. The Bertz CT molecular complexity index is 963. The molecule has 0 spiro atoms. The maximum Gasteiger partial charge on any atom is 0.302 e. The lowest BCUT2D eigenvalue weighted by atomic mass is 9.44. The van der Waals surface area contributed by atoms with Gasteiger partial charge in [-0.05, 0) is 79.4 Å². The van der Waals surface area contributed by atoms with E-state index in [1.54, 1.807) is 6.92 Å². The Labute approximate surface area is 277 Å². The number of hydrogen-bond donors (Lipinski definition) is 1. The van der Waals surface area contributed by atoms with E-state index in [9.17, 15) is 9.90 Å². The lowest BCUT2D eigenvalue weighted by molar-refractivity contribution is -0.894. The van der Waals surface area contributed by atoms with Crippen LogP contribution >= 0.6 is 0 Å². The minimum Gasteiger partial charge on any atom is -1.00 e. The zero-order valence-corrected chi connectivity index (χ0v) is 30.7. The van der Waals surface area contributed by atoms with E-state index in [-0.39, 0.29) is 57.6 Å². The highest BCUT2D eigenvalue weighted by Crippen LogP contribution is 2.67. The number of esters is 1. The SMILES string of the molecule is CC(=O)O[C@H]1C[C@@H]2CC[C@@H]3[C@H](CC[C@]4(C)[C@@H](O)[C@@H](N5CC[N+](C)(C)CC5)C[C@@H]34)[C@@]2(C)C[C@@H]1N1CC[N+](C)(C)CC1.[Br-].[Br-]. The van der Waals surface area contributed by atoms with E-state index in [2.05, 4.69) is 51.8 Å². The van der Waals surface area contributed by atoms with Gasteiger partial charge in [-0.25, -0.2) is 0 Å². The minimum atomic E-state index is -0.194. The number of hydrogen-bond acceptors (Lipinski definition) is 5. The molecule has 244 valence electrons. The molecule has 7 nitrogen and oxygen atoms in total. The molecule has 0 aromatic rings. The first-order valence-electron chi connectivity index (χ1n) is 16.7. The molecule has 2 saturated heterocycles. The first-order chi connectivity index (χ1) is 18.7. The molecule has 42 heavy (non-hydrogen) atoms. The number of piperazine rings is 2. The fourth-order valence-corrected chi connectivity index (χ4v) is 11.0. The van der Waals surface area contributed by atoms with Crippen LogP contribution in [0, 0.1) is 34.5 Å². The lowest BCUT2D eigenvalue weighted by Gasteiger charge is -2.62. The number of carbonyl (C=O) groups is 1. The zero-order chi connectivity index (χ0) is 28.7. The second-order valence-corrected chi connectivity index (χ2v) is 16.9. The predicted molar refractivity (Wildman–Crippen MR) is 158 cm³/mol. The number of aliphatic hydroxyl groups excluding tert-OH is 1. The molecule has 0 amide bonds. The molecule has 6 rings (SSSR count). The number of nitrogens with zero attached hydrogens (tertiary/aromatic N) is 4. The highest BCUT2D eigenvalue weighted by molar-refractivity contribution is 5.66. The summed E-state index contributed by atoms with van der Waals surface area (Å²) in [6.45, 7) is 15.8. The Balaban J connectivity index is 0.00000202. The number of likely N-dealkylation sites (N-methyl/N-ethyl adjacent to an activating group) is 2. The van der Waals surface area contributed by atoms with Gasteiger partial charge in [-0.2, -0.15) is 0 Å². The molecule has 6 aliphatic rings. The molecule has 2 aliphatic heterocycles. The normalized spacial score (nSPS) is 46.7. The number of fused-ring (bicyclic) bond motifs is 5. The quantitative estimate of drug-likeness (QED) is 0.251. The Hall–Kier alpha value is 0.230. The van der Waals surface area contributed by atoms with Crippen LogP contribution in [0.3, 0.4) is 0 Å². The molecule has 0 radical (unpaired) electrons. The smallest absolute Gasteiger partial charge is 0.302 e. The lowest BCUT2D eigenvalue weighted by Crippen LogP contribution is -3.00. The van der Waals surface area contributed by atoms with Crippen LogP contribution in [0.2, 0.25) is 0 Å². The van der Waals surface area contributed by atoms with Gasteiger partial charge in [0.05, 0.1) is 60.5 Å². The monoisotopic (exact) mass is 718 g/mol. The number of ether oxygens (including phenoxy) is 1. The maximum absolute atomic E-state index is 12.2. The number of aliphatic hydroxyl groups is 1. The van der Waals surface area contributed by atoms with Crippen LogP contribution in [0.15, 0.2) is 0 Å². The first-order valence-corrected chi connectivity index (χ1v) is 16.7. The second-order valence-electron chi connectivity index (χ2n) is 16.9. The van der Waals surface area contributed by atoms with Crippen LogP contribution in [0.4, 0.5) is 0 Å². The molecular weight excluding hydrogens is 660 g/mol. The molecule has 10 atom stereocenters. The van der Waals surface area contributed by atoms with Crippen LogP contribution in [0.25, 0.3) is 0 Å². The number of carbonyl (C=O) groups excluding carboxylic acids is 1. The molecule has 0 bridgehead atoms. The van der Waals surface area contributed by atoms with Crippen molar-refractivity contribution in [2.45, 2.75) is 90.0 Å². The van der Waals surface area contributed by atoms with E-state index in [0.717, 1.165) is 53.4 Å². The van der Waals surface area contributed by atoms with Crippen molar-refractivity contribution in [3.8, 4) is 0 Å². The standard InChI is InChI=1S/C33H60N4O3.2BrH/c1-23(38)40-30-20-24-8-9-25-26(33(24,3)22-29(30)35-14-18-37(6,7)19-15-35)10-11-32(2)27(25)21-28(31(32)39)34-12-16-36(4,5)17-13-34;;/h24-31,39H,8-22H2,1-7H3;2*1H/q+2;;/p-2/t24-,25+,26-,27-,28-,29-,30-,31-,32-,33-;;/m0../s1. The van der Waals surface area contributed by atoms with Crippen LogP contribution in [-0.4, -0.2) is 135 Å². The molecule has 4 aliphatic carbocycles. The highest BCUT2D eigenvalue weighted by Gasteiger charge is 2.64. The van der Waals surface area contributed by atoms with E-state index in [4.69, 9.17) is 4.74 Å². The van der Waals surface area contributed by atoms with Crippen LogP contribution in [-0.2, 0) is 9.53 Å². The summed E-state index contributed by atoms with van der Waals surface area (Å²) >= 11 is 0. The average Bonchev–Trinajstić information content (AvgIpc) is 3.14. The van der Waals surface area contributed by atoms with Gasteiger partial charge in [0.25, 0.3) is 0 Å². The van der Waals surface area contributed by atoms with Crippen molar-refractivity contribution in [1.29, 1.82) is 0 Å². The first kappa shape index (κ1) is 35.1. The van der Waals surface area contributed by atoms with E-state index in [0.29, 0.717) is 29.3 Å². The molecule has 0 aromatic heterocycles. The van der Waals surface area contributed by atoms with Crippen LogP contribution in [0.1, 0.15) is 65.7 Å². The third-order valence-corrected chi connectivity index (χ3v) is 13.9. The van der Waals surface area contributed by atoms with E-state index in [1.807, 2.05) is 0 Å². The average molecular weight is 721 g/mol. The van der Waals surface area contributed by atoms with Crippen molar-refractivity contribution < 1.29 is 57.6 Å². The Kier molecular flexibility index (Phi) is 10.4. The predicted octanol–water partition coefficient (Wildman–Crippen LogP) is -2.93. The van der Waals surface area contributed by atoms with Gasteiger partial charge in [0.1, 0.15) is 6.10 Å². The third kappa shape index (κ3) is 6.16. The second kappa shape index (κ2) is 12.4. The molecule has 0 aromatic carbocycles. The van der Waals surface area contributed by atoms with Crippen molar-refractivity contribution in [3.63, 3.8) is 0 Å². The van der Waals surface area contributed by atoms with Crippen molar-refractivity contribution in [1.82, 2.24) is 9.80 Å². The van der Waals surface area contributed by atoms with E-state index >= 15 is 0 Å². The summed E-state index contributed by atoms with van der Waals surface area (Å²) in [7, 11) is 9.38. The van der Waals surface area contributed by atoms with Gasteiger partial charge in [0, 0.05) is 45.2 Å². The molecule has 9 heteroatoms. The fraction of sp³-hybridized carbons (Fsp3) is 0.970. The molecule has 4 saturated carbocycles. The fourth-order valence-electron chi connectivity index (χ4n) is 11.0. The highest BCUT2D eigenvalue weighted by atomic mass is 79.9. The van der Waals surface area contributed by atoms with Gasteiger partial charge < -0.3 is 52.8 Å². The number of halogens is 2. The Morgan fingerprint density at radius 1 is 0.786 bits per heavy atom. The summed E-state index contributed by atoms with van der Waals surface area (Å²) in [5, 5.41) is 11.9. The van der Waals surface area contributed by atoms with Crippen LogP contribution < -0.4 is 34.0 Å². The molecule has 1 N–H and O–H groups in total. The van der Waals surface area contributed by atoms with Crippen molar-refractivity contribution >= 4 is 5.97 Å². The topological polar surface area (TPSA) is 53.0 Å². The van der Waals surface area contributed by atoms with Gasteiger partial charge in [0.2, 0.25) is 0 Å². The summed E-state index contributed by atoms with van der Waals surface area (Å²) in [6.07, 6.45) is 8.21. The Morgan fingerprint density at radius 3 is 1.88 bits per heavy atom. The van der Waals surface area contributed by atoms with Crippen molar-refractivity contribution in [2.24, 2.45) is 34.5 Å². The van der Waals surface area contributed by atoms with Crippen molar-refractivity contribution in [2.75, 3.05) is 80.5 Å². The molecular formula is C33H60Br2N4O3. The summed E-state index contributed by atoms with van der Waals surface area (Å²) in [5.74, 6) is 2.61. The van der Waals surface area contributed by atoms with Crippen LogP contribution in [0.5, 0.6) is 0 Å². The van der Waals surface area contributed by atoms with Gasteiger partial charge in [-0.3, -0.25) is 14.6 Å². The largest absolute Gasteiger partial charge is 1.00 e. The van der Waals surface area contributed by atoms with Gasteiger partial charge in [-0.15, -0.1) is 0 Å².